The van der Waals surface area contributed by atoms with E-state index in [1.54, 1.807) is 28.9 Å². The Morgan fingerprint density at radius 1 is 1.27 bits per heavy atom. The molecular formula is C17H13Cl2N3OS3. The molecule has 9 heteroatoms. The molecular weight excluding hydrogens is 429 g/mol. The Morgan fingerprint density at radius 2 is 2.00 bits per heavy atom. The predicted octanol–water partition coefficient (Wildman–Crippen LogP) is 6.01. The third-order valence-electron chi connectivity index (χ3n) is 3.47. The highest BCUT2D eigenvalue weighted by molar-refractivity contribution is 8.01. The van der Waals surface area contributed by atoms with Crippen LogP contribution in [0.4, 0.5) is 5.69 Å². The van der Waals surface area contributed by atoms with E-state index in [0.717, 1.165) is 15.6 Å². The zero-order valence-electron chi connectivity index (χ0n) is 13.5. The highest BCUT2D eigenvalue weighted by Gasteiger charge is 2.11. The molecule has 4 nitrogen and oxygen atoms in total. The lowest BCUT2D eigenvalue weighted by Crippen LogP contribution is -2.14. The molecule has 0 aliphatic carbocycles. The van der Waals surface area contributed by atoms with Crippen molar-refractivity contribution in [3.63, 3.8) is 0 Å². The van der Waals surface area contributed by atoms with Crippen molar-refractivity contribution in [2.24, 2.45) is 0 Å². The van der Waals surface area contributed by atoms with Crippen molar-refractivity contribution >= 4 is 70.1 Å². The quantitative estimate of drug-likeness (QED) is 0.388. The molecule has 0 unspecified atom stereocenters. The van der Waals surface area contributed by atoms with Crippen molar-refractivity contribution in [3.05, 3.63) is 62.0 Å². The SMILES string of the molecule is Cc1c(Cl)cccc1NC(=O)CSc1nn(-c2ccc(Cl)cc2)c(=S)s1. The van der Waals surface area contributed by atoms with E-state index in [-0.39, 0.29) is 11.7 Å². The minimum absolute atomic E-state index is 0.125. The minimum Gasteiger partial charge on any atom is -0.325 e. The molecule has 134 valence electrons. The van der Waals surface area contributed by atoms with Gasteiger partial charge in [0.25, 0.3) is 0 Å². The number of anilines is 1. The van der Waals surface area contributed by atoms with Crippen LogP contribution in [-0.4, -0.2) is 21.4 Å². The van der Waals surface area contributed by atoms with Crippen molar-refractivity contribution in [2.45, 2.75) is 11.3 Å². The van der Waals surface area contributed by atoms with Gasteiger partial charge in [-0.05, 0) is 61.1 Å². The second kappa shape index (κ2) is 8.54. The van der Waals surface area contributed by atoms with E-state index in [0.29, 0.717) is 19.7 Å². The number of hydrogen-bond donors (Lipinski definition) is 1. The van der Waals surface area contributed by atoms with Crippen LogP contribution in [-0.2, 0) is 4.79 Å². The Bertz CT molecular complexity index is 999. The van der Waals surface area contributed by atoms with E-state index in [9.17, 15) is 4.79 Å². The van der Waals surface area contributed by atoms with Gasteiger partial charge < -0.3 is 5.32 Å². The van der Waals surface area contributed by atoms with Crippen LogP contribution < -0.4 is 5.32 Å². The number of halogens is 2. The maximum atomic E-state index is 12.2. The summed E-state index contributed by atoms with van der Waals surface area (Å²) >= 11 is 20.0. The fourth-order valence-electron chi connectivity index (χ4n) is 2.12. The van der Waals surface area contributed by atoms with Crippen LogP contribution in [0.1, 0.15) is 5.56 Å². The molecule has 1 heterocycles. The number of aromatic nitrogens is 2. The van der Waals surface area contributed by atoms with Crippen LogP contribution in [0.25, 0.3) is 5.69 Å². The molecule has 0 saturated carbocycles. The molecule has 0 radical (unpaired) electrons. The summed E-state index contributed by atoms with van der Waals surface area (Å²) in [5.41, 5.74) is 2.39. The maximum absolute atomic E-state index is 12.2. The number of benzene rings is 2. The Labute approximate surface area is 174 Å². The number of rotatable bonds is 5. The highest BCUT2D eigenvalue weighted by Crippen LogP contribution is 2.26. The standard InChI is InChI=1S/C17H13Cl2N3OS3/c1-10-13(19)3-2-4-14(10)20-15(23)9-25-16-21-22(17(24)26-16)12-7-5-11(18)6-8-12/h2-8H,9H2,1H3,(H,20,23). The number of nitrogens with zero attached hydrogens (tertiary/aromatic N) is 2. The monoisotopic (exact) mass is 441 g/mol. The van der Waals surface area contributed by atoms with E-state index in [1.165, 1.54) is 23.1 Å². The Balaban J connectivity index is 1.66. The zero-order valence-corrected chi connectivity index (χ0v) is 17.5. The summed E-state index contributed by atoms with van der Waals surface area (Å²) in [4.78, 5) is 12.2. The molecule has 3 aromatic rings. The normalized spacial score (nSPS) is 10.7. The molecule has 1 aromatic heterocycles. The fourth-order valence-corrected chi connectivity index (χ4v) is 4.58. The first-order chi connectivity index (χ1) is 12.4. The lowest BCUT2D eigenvalue weighted by Gasteiger charge is -2.08. The number of nitrogens with one attached hydrogen (secondary N) is 1. The van der Waals surface area contributed by atoms with Gasteiger partial charge in [0.15, 0.2) is 8.29 Å². The highest BCUT2D eigenvalue weighted by atomic mass is 35.5. The van der Waals surface area contributed by atoms with Gasteiger partial charge in [-0.25, -0.2) is 4.68 Å². The summed E-state index contributed by atoms with van der Waals surface area (Å²) in [5, 5.41) is 8.61. The minimum atomic E-state index is -0.125. The lowest BCUT2D eigenvalue weighted by molar-refractivity contribution is -0.113. The van der Waals surface area contributed by atoms with Gasteiger partial charge in [-0.15, -0.1) is 5.10 Å². The van der Waals surface area contributed by atoms with Gasteiger partial charge in [0, 0.05) is 15.7 Å². The van der Waals surface area contributed by atoms with Gasteiger partial charge in [-0.1, -0.05) is 52.4 Å². The second-order valence-electron chi connectivity index (χ2n) is 5.27. The van der Waals surface area contributed by atoms with Crippen LogP contribution in [0.2, 0.25) is 10.0 Å². The smallest absolute Gasteiger partial charge is 0.234 e. The molecule has 0 aliphatic heterocycles. The summed E-state index contributed by atoms with van der Waals surface area (Å²) in [6.45, 7) is 1.87. The van der Waals surface area contributed by atoms with Gasteiger partial charge >= 0.3 is 0 Å². The third-order valence-corrected chi connectivity index (χ3v) is 6.50. The molecule has 2 aromatic carbocycles. The molecule has 3 rings (SSSR count). The average Bonchev–Trinajstić information content (AvgIpc) is 2.99. The van der Waals surface area contributed by atoms with E-state index >= 15 is 0 Å². The molecule has 1 amide bonds. The first kappa shape index (κ1) is 19.4. The van der Waals surface area contributed by atoms with Crippen LogP contribution in [0.15, 0.2) is 46.8 Å². The van der Waals surface area contributed by atoms with Gasteiger partial charge in [0.2, 0.25) is 5.91 Å². The number of carbonyl (C=O) groups is 1. The Morgan fingerprint density at radius 3 is 2.73 bits per heavy atom. The summed E-state index contributed by atoms with van der Waals surface area (Å²) in [7, 11) is 0. The summed E-state index contributed by atoms with van der Waals surface area (Å²) in [6, 6.07) is 12.7. The maximum Gasteiger partial charge on any atom is 0.234 e. The molecule has 0 atom stereocenters. The molecule has 0 spiro atoms. The molecule has 26 heavy (non-hydrogen) atoms. The van der Waals surface area contributed by atoms with Gasteiger partial charge in [-0.2, -0.15) is 0 Å². The predicted molar refractivity (Wildman–Crippen MR) is 113 cm³/mol. The number of amides is 1. The number of thioether (sulfide) groups is 1. The molecule has 1 N–H and O–H groups in total. The van der Waals surface area contributed by atoms with Crippen LogP contribution in [0.3, 0.4) is 0 Å². The lowest BCUT2D eigenvalue weighted by atomic mass is 10.2. The van der Waals surface area contributed by atoms with E-state index in [2.05, 4.69) is 10.4 Å². The number of hydrogen-bond acceptors (Lipinski definition) is 5. The topological polar surface area (TPSA) is 46.9 Å². The van der Waals surface area contributed by atoms with Crippen molar-refractivity contribution in [1.82, 2.24) is 9.78 Å². The first-order valence-electron chi connectivity index (χ1n) is 7.48. The van der Waals surface area contributed by atoms with Gasteiger partial charge in [0.05, 0.1) is 11.4 Å². The van der Waals surface area contributed by atoms with Crippen molar-refractivity contribution < 1.29 is 4.79 Å². The summed E-state index contributed by atoms with van der Waals surface area (Å²) < 4.78 is 3.00. The molecule has 0 aliphatic rings. The van der Waals surface area contributed by atoms with Gasteiger partial charge in [0.1, 0.15) is 0 Å². The second-order valence-corrected chi connectivity index (χ2v) is 8.96. The fraction of sp³-hybridized carbons (Fsp3) is 0.118. The first-order valence-corrected chi connectivity index (χ1v) is 10.4. The van der Waals surface area contributed by atoms with E-state index in [4.69, 9.17) is 35.4 Å². The molecule has 0 bridgehead atoms. The van der Waals surface area contributed by atoms with E-state index < -0.39 is 0 Å². The van der Waals surface area contributed by atoms with Crippen molar-refractivity contribution in [2.75, 3.05) is 11.1 Å². The molecule has 0 fully saturated rings. The summed E-state index contributed by atoms with van der Waals surface area (Å²) in [5.74, 6) is 0.106. The van der Waals surface area contributed by atoms with Gasteiger partial charge in [-0.3, -0.25) is 4.79 Å². The van der Waals surface area contributed by atoms with Crippen molar-refractivity contribution in [1.29, 1.82) is 0 Å². The Hall–Kier alpha value is -1.38. The van der Waals surface area contributed by atoms with Crippen LogP contribution in [0.5, 0.6) is 0 Å². The Kier molecular flexibility index (Phi) is 6.37. The van der Waals surface area contributed by atoms with Crippen molar-refractivity contribution in [3.8, 4) is 5.69 Å². The van der Waals surface area contributed by atoms with Crippen LogP contribution >= 0.6 is 58.5 Å². The zero-order chi connectivity index (χ0) is 18.7. The van der Waals surface area contributed by atoms with Crippen LogP contribution in [0, 0.1) is 10.9 Å². The largest absolute Gasteiger partial charge is 0.325 e. The van der Waals surface area contributed by atoms with E-state index in [1.807, 2.05) is 25.1 Å². The number of carbonyl (C=O) groups excluding carboxylic acids is 1. The average molecular weight is 442 g/mol. The molecule has 0 saturated heterocycles. The third kappa shape index (κ3) is 4.66. The summed E-state index contributed by atoms with van der Waals surface area (Å²) in [6.07, 6.45) is 0.